The maximum Gasteiger partial charge on any atom is 0.293 e. The highest BCUT2D eigenvalue weighted by Crippen LogP contribution is 2.26. The van der Waals surface area contributed by atoms with Crippen LogP contribution in [-0.2, 0) is 4.74 Å². The lowest BCUT2D eigenvalue weighted by atomic mass is 9.95. The number of ether oxygens (including phenoxy) is 1. The van der Waals surface area contributed by atoms with Gasteiger partial charge < -0.3 is 20.3 Å². The molecule has 28 heavy (non-hydrogen) atoms. The molecule has 1 aliphatic heterocycles. The van der Waals surface area contributed by atoms with Gasteiger partial charge in [0.1, 0.15) is 18.8 Å². The van der Waals surface area contributed by atoms with E-state index in [2.05, 4.69) is 10.6 Å². The molecule has 1 amide bonds. The first-order chi connectivity index (χ1) is 13.6. The van der Waals surface area contributed by atoms with Crippen LogP contribution in [0.4, 0.5) is 11.4 Å². The fourth-order valence-electron chi connectivity index (χ4n) is 3.96. The molecule has 1 saturated carbocycles. The second kappa shape index (κ2) is 10.4. The van der Waals surface area contributed by atoms with E-state index in [4.69, 9.17) is 4.74 Å². The predicted octanol–water partition coefficient (Wildman–Crippen LogP) is 1.37. The Labute approximate surface area is 165 Å². The van der Waals surface area contributed by atoms with E-state index >= 15 is 0 Å². The van der Waals surface area contributed by atoms with Gasteiger partial charge in [-0.05, 0) is 25.0 Å². The van der Waals surface area contributed by atoms with Crippen molar-refractivity contribution in [2.75, 3.05) is 44.7 Å². The summed E-state index contributed by atoms with van der Waals surface area (Å²) in [5, 5.41) is 17.7. The van der Waals surface area contributed by atoms with Crippen LogP contribution < -0.4 is 15.5 Å². The van der Waals surface area contributed by atoms with Gasteiger partial charge in [-0.3, -0.25) is 14.9 Å². The molecule has 1 saturated heterocycles. The van der Waals surface area contributed by atoms with Gasteiger partial charge in [-0.2, -0.15) is 0 Å². The molecule has 8 heteroatoms. The average Bonchev–Trinajstić information content (AvgIpc) is 2.72. The molecule has 1 aliphatic carbocycles. The van der Waals surface area contributed by atoms with Gasteiger partial charge in [-0.25, -0.2) is 0 Å². The van der Waals surface area contributed by atoms with Crippen molar-refractivity contribution in [1.29, 1.82) is 0 Å². The van der Waals surface area contributed by atoms with Gasteiger partial charge in [0, 0.05) is 30.6 Å². The lowest BCUT2D eigenvalue weighted by Crippen LogP contribution is -3.14. The van der Waals surface area contributed by atoms with Crippen molar-refractivity contribution in [3.8, 4) is 0 Å². The topological polar surface area (TPSA) is 97.9 Å². The van der Waals surface area contributed by atoms with Crippen molar-refractivity contribution >= 4 is 17.3 Å². The highest BCUT2D eigenvalue weighted by atomic mass is 16.6. The Kier molecular flexibility index (Phi) is 7.62. The van der Waals surface area contributed by atoms with Crippen molar-refractivity contribution in [2.45, 2.75) is 44.6 Å². The van der Waals surface area contributed by atoms with Gasteiger partial charge in [0.05, 0.1) is 24.7 Å². The summed E-state index contributed by atoms with van der Waals surface area (Å²) in [6, 6.07) is 4.88. The van der Waals surface area contributed by atoms with Gasteiger partial charge >= 0.3 is 0 Å². The number of nitro groups is 1. The Hall–Kier alpha value is -2.19. The first-order valence-electron chi connectivity index (χ1n) is 10.4. The quantitative estimate of drug-likeness (QED) is 0.353. The minimum Gasteiger partial charge on any atom is -0.379 e. The number of benzene rings is 1. The summed E-state index contributed by atoms with van der Waals surface area (Å²) in [4.78, 5) is 25.0. The SMILES string of the molecule is O=C(NC1CCCCC1)c1ccc(NCCC[NH+]2CCOCC2)c([N+](=O)[O-])c1. The van der Waals surface area contributed by atoms with Crippen LogP contribution in [0.25, 0.3) is 0 Å². The van der Waals surface area contributed by atoms with E-state index in [1.807, 2.05) is 0 Å². The molecule has 0 radical (unpaired) electrons. The highest BCUT2D eigenvalue weighted by molar-refractivity contribution is 5.95. The zero-order valence-electron chi connectivity index (χ0n) is 16.4. The van der Waals surface area contributed by atoms with Crippen molar-refractivity contribution in [1.82, 2.24) is 5.32 Å². The second-order valence-corrected chi connectivity index (χ2v) is 7.69. The van der Waals surface area contributed by atoms with Crippen LogP contribution in [0.5, 0.6) is 0 Å². The lowest BCUT2D eigenvalue weighted by Gasteiger charge is -2.23. The smallest absolute Gasteiger partial charge is 0.293 e. The summed E-state index contributed by atoms with van der Waals surface area (Å²) in [7, 11) is 0. The molecule has 1 aromatic carbocycles. The van der Waals surface area contributed by atoms with Crippen molar-refractivity contribution in [3.63, 3.8) is 0 Å². The Morgan fingerprint density at radius 1 is 1.21 bits per heavy atom. The number of anilines is 1. The lowest BCUT2D eigenvalue weighted by molar-refractivity contribution is -0.908. The highest BCUT2D eigenvalue weighted by Gasteiger charge is 2.21. The molecule has 0 aromatic heterocycles. The number of hydrogen-bond donors (Lipinski definition) is 3. The molecule has 0 atom stereocenters. The molecule has 3 N–H and O–H groups in total. The Morgan fingerprint density at radius 2 is 1.96 bits per heavy atom. The Balaban J connectivity index is 1.54. The van der Waals surface area contributed by atoms with Gasteiger partial charge in [0.25, 0.3) is 11.6 Å². The number of amides is 1. The molecule has 2 aliphatic rings. The second-order valence-electron chi connectivity index (χ2n) is 7.69. The number of carbonyl (C=O) groups excluding carboxylic acids is 1. The van der Waals surface area contributed by atoms with E-state index in [-0.39, 0.29) is 17.6 Å². The van der Waals surface area contributed by atoms with Crippen LogP contribution in [0.2, 0.25) is 0 Å². The van der Waals surface area contributed by atoms with Gasteiger partial charge in [0.2, 0.25) is 0 Å². The first kappa shape index (κ1) is 20.5. The standard InChI is InChI=1S/C20H30N4O4/c25-20(22-17-5-2-1-3-6-17)16-7-8-18(19(15-16)24(26)27)21-9-4-10-23-11-13-28-14-12-23/h7-8,15,17,21H,1-6,9-14H2,(H,22,25)/p+1. The van der Waals surface area contributed by atoms with Crippen molar-refractivity contribution < 1.29 is 19.4 Å². The molecule has 0 bridgehead atoms. The van der Waals surface area contributed by atoms with Crippen molar-refractivity contribution in [2.24, 2.45) is 0 Å². The van der Waals surface area contributed by atoms with Crippen LogP contribution in [0.15, 0.2) is 18.2 Å². The number of quaternary nitrogens is 1. The van der Waals surface area contributed by atoms with Crippen LogP contribution >= 0.6 is 0 Å². The molecule has 8 nitrogen and oxygen atoms in total. The minimum absolute atomic E-state index is 0.0463. The molecule has 3 rings (SSSR count). The minimum atomic E-state index is -0.424. The third kappa shape index (κ3) is 5.90. The summed E-state index contributed by atoms with van der Waals surface area (Å²) in [5.74, 6) is -0.225. The van der Waals surface area contributed by atoms with E-state index in [9.17, 15) is 14.9 Å². The predicted molar refractivity (Wildman–Crippen MR) is 107 cm³/mol. The molecule has 2 fully saturated rings. The zero-order chi connectivity index (χ0) is 19.8. The zero-order valence-corrected chi connectivity index (χ0v) is 16.4. The maximum absolute atomic E-state index is 12.5. The van der Waals surface area contributed by atoms with Crippen LogP contribution in [-0.4, -0.2) is 56.3 Å². The maximum atomic E-state index is 12.5. The summed E-state index contributed by atoms with van der Waals surface area (Å²) in [6.07, 6.45) is 6.36. The third-order valence-electron chi connectivity index (χ3n) is 5.62. The summed E-state index contributed by atoms with van der Waals surface area (Å²) < 4.78 is 5.35. The van der Waals surface area contributed by atoms with E-state index in [0.717, 1.165) is 65.0 Å². The van der Waals surface area contributed by atoms with Crippen LogP contribution in [0.1, 0.15) is 48.9 Å². The summed E-state index contributed by atoms with van der Waals surface area (Å²) in [6.45, 7) is 5.33. The van der Waals surface area contributed by atoms with E-state index < -0.39 is 4.92 Å². The van der Waals surface area contributed by atoms with Gasteiger partial charge in [0.15, 0.2) is 0 Å². The van der Waals surface area contributed by atoms with E-state index in [1.54, 1.807) is 12.1 Å². The number of nitrogens with zero attached hydrogens (tertiary/aromatic N) is 1. The molecule has 154 valence electrons. The molecule has 1 aromatic rings. The number of morpholine rings is 1. The molecular weight excluding hydrogens is 360 g/mol. The normalized spacial score (nSPS) is 18.6. The molecule has 0 spiro atoms. The molecule has 1 heterocycles. The number of nitrogens with one attached hydrogen (secondary N) is 3. The van der Waals surface area contributed by atoms with E-state index in [1.165, 1.54) is 17.4 Å². The fraction of sp³-hybridized carbons (Fsp3) is 0.650. The van der Waals surface area contributed by atoms with Gasteiger partial charge in [-0.15, -0.1) is 0 Å². The monoisotopic (exact) mass is 391 g/mol. The van der Waals surface area contributed by atoms with Crippen LogP contribution in [0, 0.1) is 10.1 Å². The number of nitro benzene ring substituents is 1. The number of hydrogen-bond acceptors (Lipinski definition) is 5. The third-order valence-corrected chi connectivity index (χ3v) is 5.62. The number of rotatable bonds is 8. The molecule has 0 unspecified atom stereocenters. The van der Waals surface area contributed by atoms with Gasteiger partial charge in [-0.1, -0.05) is 19.3 Å². The summed E-state index contributed by atoms with van der Waals surface area (Å²) in [5.41, 5.74) is 0.770. The van der Waals surface area contributed by atoms with E-state index in [0.29, 0.717) is 17.8 Å². The largest absolute Gasteiger partial charge is 0.379 e. The van der Waals surface area contributed by atoms with Crippen molar-refractivity contribution in [3.05, 3.63) is 33.9 Å². The average molecular weight is 391 g/mol. The Bertz CT molecular complexity index is 670. The first-order valence-corrected chi connectivity index (χ1v) is 10.4. The van der Waals surface area contributed by atoms with Crippen LogP contribution in [0.3, 0.4) is 0 Å². The Morgan fingerprint density at radius 3 is 2.68 bits per heavy atom. The number of carbonyl (C=O) groups is 1. The fourth-order valence-corrected chi connectivity index (χ4v) is 3.96. The molecular formula is C20H31N4O4+. The summed E-state index contributed by atoms with van der Waals surface area (Å²) >= 11 is 0.